The monoisotopic (exact) mass is 509 g/mol. The summed E-state index contributed by atoms with van der Waals surface area (Å²) in [6, 6.07) is 3.00. The number of H-pyrrole nitrogens is 1. The standard InChI is InChI=1S/C14H20NO5.Ac/c1-5-19-13(18)10-7-6-9(15-10)11(16)8-12(17)20-14(2,3)4;/h6-8,11,15-16H,5H2,1-4H3;/q-1;. The van der Waals surface area contributed by atoms with Crippen molar-refractivity contribution < 1.29 is 68.2 Å². The maximum atomic E-state index is 11.5. The van der Waals surface area contributed by atoms with Crippen LogP contribution in [-0.2, 0) is 14.3 Å². The molecule has 0 amide bonds. The number of ether oxygens (including phenoxy) is 2. The molecule has 1 rings (SSSR count). The summed E-state index contributed by atoms with van der Waals surface area (Å²) in [4.78, 5) is 25.7. The van der Waals surface area contributed by atoms with Gasteiger partial charge in [-0.25, -0.2) is 4.79 Å². The number of aliphatic hydroxyl groups excluding tert-OH is 1. The van der Waals surface area contributed by atoms with Crippen LogP contribution < -0.4 is 0 Å². The molecule has 0 fully saturated rings. The van der Waals surface area contributed by atoms with Crippen molar-refractivity contribution in [3.8, 4) is 0 Å². The van der Waals surface area contributed by atoms with Crippen LogP contribution in [0, 0.1) is 50.5 Å². The maximum Gasteiger partial charge on any atom is 0.354 e. The van der Waals surface area contributed by atoms with E-state index in [0.29, 0.717) is 5.69 Å². The average molecular weight is 509 g/mol. The van der Waals surface area contributed by atoms with Gasteiger partial charge < -0.3 is 19.6 Å². The number of rotatable bonds is 5. The van der Waals surface area contributed by atoms with E-state index in [1.165, 1.54) is 12.1 Å². The van der Waals surface area contributed by atoms with E-state index in [1.54, 1.807) is 27.7 Å². The second-order valence-electron chi connectivity index (χ2n) is 5.19. The van der Waals surface area contributed by atoms with E-state index in [9.17, 15) is 14.7 Å². The SMILES string of the molecule is CCOC(=O)c1ccc(C(O)[CH-]C(=O)OC(C)(C)C)[nH]1.[Ac]. The number of aromatic amines is 1. The summed E-state index contributed by atoms with van der Waals surface area (Å²) in [5.74, 6) is -1.14. The largest absolute Gasteiger partial charge is 0.483 e. The Balaban J connectivity index is 0.00000400. The van der Waals surface area contributed by atoms with E-state index >= 15 is 0 Å². The van der Waals surface area contributed by atoms with Gasteiger partial charge in [0.2, 0.25) is 0 Å². The summed E-state index contributed by atoms with van der Waals surface area (Å²) in [5, 5.41) is 9.87. The Kier molecular flexibility index (Phi) is 8.60. The van der Waals surface area contributed by atoms with Crippen molar-refractivity contribution >= 4 is 11.9 Å². The molecule has 0 aliphatic heterocycles. The third kappa shape index (κ3) is 7.35. The molecule has 1 atom stereocenters. The molecule has 0 spiro atoms. The molecule has 21 heavy (non-hydrogen) atoms. The fourth-order valence-electron chi connectivity index (χ4n) is 1.47. The van der Waals surface area contributed by atoms with Gasteiger partial charge in [0, 0.05) is 49.8 Å². The molecule has 0 bridgehead atoms. The first-order chi connectivity index (χ1) is 9.23. The van der Waals surface area contributed by atoms with E-state index in [1.807, 2.05) is 0 Å². The van der Waals surface area contributed by atoms with Crippen LogP contribution in [0.1, 0.15) is 50.0 Å². The molecule has 2 N–H and O–H groups in total. The first kappa shape index (κ1) is 20.5. The molecule has 1 unspecified atom stereocenters. The number of hydrogen-bond acceptors (Lipinski definition) is 5. The van der Waals surface area contributed by atoms with Crippen LogP contribution in [-0.4, -0.2) is 34.2 Å². The maximum absolute atomic E-state index is 11.5. The van der Waals surface area contributed by atoms with Crippen molar-refractivity contribution in [1.29, 1.82) is 0 Å². The van der Waals surface area contributed by atoms with Gasteiger partial charge >= 0.3 is 5.97 Å². The third-order valence-electron chi connectivity index (χ3n) is 2.22. The quantitative estimate of drug-likeness (QED) is 0.467. The van der Waals surface area contributed by atoms with E-state index in [-0.39, 0.29) is 56.4 Å². The predicted octanol–water partition coefficient (Wildman–Crippen LogP) is 1.77. The number of hydrogen-bond donors (Lipinski definition) is 2. The van der Waals surface area contributed by atoms with Gasteiger partial charge in [0.05, 0.1) is 6.61 Å². The molecule has 1 aromatic heterocycles. The molecule has 7 heteroatoms. The summed E-state index contributed by atoms with van der Waals surface area (Å²) >= 11 is 0. The van der Waals surface area contributed by atoms with Crippen molar-refractivity contribution in [2.24, 2.45) is 0 Å². The Bertz CT molecular complexity index is 478. The summed E-state index contributed by atoms with van der Waals surface area (Å²) in [6.07, 6.45) is -0.139. The van der Waals surface area contributed by atoms with Crippen LogP contribution in [0.2, 0.25) is 0 Å². The Morgan fingerprint density at radius 2 is 2.00 bits per heavy atom. The summed E-state index contributed by atoms with van der Waals surface area (Å²) in [7, 11) is 0. The molecule has 115 valence electrons. The molecule has 1 radical (unpaired) electrons. The molecule has 0 aliphatic carbocycles. The Hall–Kier alpha value is -0.508. The second kappa shape index (κ2) is 8.82. The van der Waals surface area contributed by atoms with Gasteiger partial charge in [-0.15, -0.1) is 0 Å². The molecule has 1 heterocycles. The van der Waals surface area contributed by atoms with Crippen molar-refractivity contribution in [3.05, 3.63) is 29.9 Å². The minimum atomic E-state index is -1.17. The second-order valence-corrected chi connectivity index (χ2v) is 5.19. The van der Waals surface area contributed by atoms with Crippen molar-refractivity contribution in [1.82, 2.24) is 4.98 Å². The van der Waals surface area contributed by atoms with E-state index in [0.717, 1.165) is 6.42 Å². The zero-order chi connectivity index (χ0) is 15.3. The molecule has 0 aromatic carbocycles. The predicted molar refractivity (Wildman–Crippen MR) is 71.9 cm³/mol. The van der Waals surface area contributed by atoms with Crippen LogP contribution in [0.5, 0.6) is 0 Å². The van der Waals surface area contributed by atoms with Crippen molar-refractivity contribution in [2.45, 2.75) is 39.4 Å². The number of carbonyl (C=O) groups is 2. The molecule has 0 saturated heterocycles. The van der Waals surface area contributed by atoms with Crippen LogP contribution in [0.15, 0.2) is 12.1 Å². The third-order valence-corrected chi connectivity index (χ3v) is 2.22. The molecule has 0 saturated carbocycles. The van der Waals surface area contributed by atoms with Crippen LogP contribution in [0.25, 0.3) is 0 Å². The first-order valence-electron chi connectivity index (χ1n) is 6.35. The number of aliphatic hydroxyl groups is 1. The summed E-state index contributed by atoms with van der Waals surface area (Å²) < 4.78 is 9.88. The Labute approximate surface area is 160 Å². The van der Waals surface area contributed by atoms with Crippen LogP contribution >= 0.6 is 0 Å². The van der Waals surface area contributed by atoms with Gasteiger partial charge in [-0.1, -0.05) is 0 Å². The fraction of sp³-hybridized carbons (Fsp3) is 0.500. The summed E-state index contributed by atoms with van der Waals surface area (Å²) in [6.45, 7) is 7.17. The molecule has 1 aromatic rings. The molecular weight excluding hydrogens is 489 g/mol. The van der Waals surface area contributed by atoms with E-state index < -0.39 is 23.6 Å². The molecule has 6 nitrogen and oxygen atoms in total. The van der Waals surface area contributed by atoms with Crippen molar-refractivity contribution in [3.63, 3.8) is 0 Å². The van der Waals surface area contributed by atoms with Crippen molar-refractivity contribution in [2.75, 3.05) is 6.61 Å². The molecule has 0 aliphatic rings. The summed E-state index contributed by atoms with van der Waals surface area (Å²) in [5.41, 5.74) is -0.0866. The number of nitrogens with one attached hydrogen (secondary N) is 1. The van der Waals surface area contributed by atoms with Crippen LogP contribution in [0.4, 0.5) is 0 Å². The number of esters is 2. The van der Waals surface area contributed by atoms with Gasteiger partial charge in [0.25, 0.3) is 0 Å². The normalized spacial score (nSPS) is 12.0. The van der Waals surface area contributed by atoms with Gasteiger partial charge in [0.15, 0.2) is 5.97 Å². The van der Waals surface area contributed by atoms with E-state index in [4.69, 9.17) is 9.47 Å². The molecular formula is C14H20AcNO5-. The Morgan fingerprint density at radius 3 is 2.52 bits per heavy atom. The average Bonchev–Trinajstić information content (AvgIpc) is 2.75. The van der Waals surface area contributed by atoms with Gasteiger partial charge in [-0.05, 0) is 45.9 Å². The Morgan fingerprint density at radius 1 is 1.38 bits per heavy atom. The van der Waals surface area contributed by atoms with E-state index in [2.05, 4.69) is 4.98 Å². The fourth-order valence-corrected chi connectivity index (χ4v) is 1.47. The van der Waals surface area contributed by atoms with Gasteiger partial charge in [-0.2, -0.15) is 0 Å². The zero-order valence-electron chi connectivity index (χ0n) is 12.7. The topological polar surface area (TPSA) is 88.6 Å². The number of carbonyl (C=O) groups excluding carboxylic acids is 2. The van der Waals surface area contributed by atoms with Gasteiger partial charge in [-0.3, -0.25) is 11.2 Å². The zero-order valence-corrected chi connectivity index (χ0v) is 17.4. The first-order valence-corrected chi connectivity index (χ1v) is 6.35. The minimum Gasteiger partial charge on any atom is -0.483 e. The minimum absolute atomic E-state index is 0. The smallest absolute Gasteiger partial charge is 0.354 e. The van der Waals surface area contributed by atoms with Crippen LogP contribution in [0.3, 0.4) is 0 Å². The number of aromatic nitrogens is 1. The van der Waals surface area contributed by atoms with Gasteiger partial charge in [0.1, 0.15) is 11.3 Å².